The number of allylic oxidation sites excluding steroid dienone is 1. The molecule has 0 saturated carbocycles. The molecular formula is C6H10O2. The van der Waals surface area contributed by atoms with Gasteiger partial charge in [0.15, 0.2) is 11.7 Å². The second-order valence-electron chi connectivity index (χ2n) is 2.70. The summed E-state index contributed by atoms with van der Waals surface area (Å²) >= 11 is 0. The van der Waals surface area contributed by atoms with Gasteiger partial charge in [-0.3, -0.25) is 0 Å². The van der Waals surface area contributed by atoms with Crippen molar-refractivity contribution in [1.82, 2.24) is 0 Å². The molecule has 2 heteroatoms. The molecule has 8 heavy (non-hydrogen) atoms. The van der Waals surface area contributed by atoms with Crippen LogP contribution in [-0.4, -0.2) is 11.0 Å². The smallest absolute Gasteiger partial charge is 0.182 e. The minimum atomic E-state index is -0.443. The third-order valence-corrected chi connectivity index (χ3v) is 0.807. The van der Waals surface area contributed by atoms with Crippen molar-refractivity contribution in [3.63, 3.8) is 0 Å². The van der Waals surface area contributed by atoms with Gasteiger partial charge < -0.3 is 5.11 Å². The predicted octanol–water partition coefficient (Wildman–Crippen LogP) is 1.31. The standard InChI is InChI=1S/C6H10O2/c1-6(2,3)5(8)4-7/h8H,1-3H3. The van der Waals surface area contributed by atoms with Gasteiger partial charge in [0.25, 0.3) is 0 Å². The Balaban J connectivity index is 4.26. The zero-order valence-electron chi connectivity index (χ0n) is 5.36. The van der Waals surface area contributed by atoms with Gasteiger partial charge >= 0.3 is 0 Å². The third kappa shape index (κ3) is 1.80. The number of rotatable bonds is 0. The second-order valence-corrected chi connectivity index (χ2v) is 2.70. The minimum Gasteiger partial charge on any atom is -0.502 e. The van der Waals surface area contributed by atoms with Crippen molar-refractivity contribution >= 4 is 5.94 Å². The van der Waals surface area contributed by atoms with Gasteiger partial charge in [-0.2, -0.15) is 0 Å². The van der Waals surface area contributed by atoms with Crippen LogP contribution >= 0.6 is 0 Å². The van der Waals surface area contributed by atoms with E-state index >= 15 is 0 Å². The minimum absolute atomic E-state index is 0.225. The van der Waals surface area contributed by atoms with Crippen LogP contribution in [0.5, 0.6) is 0 Å². The molecule has 0 saturated heterocycles. The third-order valence-electron chi connectivity index (χ3n) is 0.807. The molecule has 1 N–H and O–H groups in total. The lowest BCUT2D eigenvalue weighted by Gasteiger charge is -2.12. The Kier molecular flexibility index (Phi) is 1.82. The van der Waals surface area contributed by atoms with E-state index < -0.39 is 5.41 Å². The average molecular weight is 114 g/mol. The Hall–Kier alpha value is -0.750. The van der Waals surface area contributed by atoms with Crippen LogP contribution in [0.15, 0.2) is 5.76 Å². The van der Waals surface area contributed by atoms with Gasteiger partial charge in [0.1, 0.15) is 0 Å². The van der Waals surface area contributed by atoms with Gasteiger partial charge in [0, 0.05) is 5.41 Å². The summed E-state index contributed by atoms with van der Waals surface area (Å²) < 4.78 is 0. The molecule has 0 fully saturated rings. The maximum atomic E-state index is 9.74. The molecule has 0 heterocycles. The van der Waals surface area contributed by atoms with E-state index in [1.807, 2.05) is 0 Å². The fraction of sp³-hybridized carbons (Fsp3) is 0.667. The summed E-state index contributed by atoms with van der Waals surface area (Å²) in [5.74, 6) is 1.20. The van der Waals surface area contributed by atoms with Gasteiger partial charge in [-0.1, -0.05) is 20.8 Å². The zero-order chi connectivity index (χ0) is 6.78. The van der Waals surface area contributed by atoms with Crippen molar-refractivity contribution in [1.29, 1.82) is 0 Å². The van der Waals surface area contributed by atoms with Crippen LogP contribution in [0.3, 0.4) is 0 Å². The molecule has 0 aliphatic carbocycles. The molecule has 0 spiro atoms. The average Bonchev–Trinajstić information content (AvgIpc) is 1.62. The maximum Gasteiger partial charge on any atom is 0.182 e. The summed E-state index contributed by atoms with van der Waals surface area (Å²) in [6, 6.07) is 0. The predicted molar refractivity (Wildman–Crippen MR) is 31.3 cm³/mol. The Morgan fingerprint density at radius 3 is 1.88 bits per heavy atom. The van der Waals surface area contributed by atoms with E-state index in [2.05, 4.69) is 0 Å². The van der Waals surface area contributed by atoms with Gasteiger partial charge in [-0.25, -0.2) is 4.79 Å². The first-order valence-electron chi connectivity index (χ1n) is 2.43. The molecule has 0 aliphatic heterocycles. The van der Waals surface area contributed by atoms with E-state index in [9.17, 15) is 4.79 Å². The number of aliphatic hydroxyl groups excluding tert-OH is 1. The maximum absolute atomic E-state index is 9.74. The molecule has 0 amide bonds. The molecule has 0 radical (unpaired) electrons. The highest BCUT2D eigenvalue weighted by molar-refractivity contribution is 5.50. The van der Waals surface area contributed by atoms with Crippen LogP contribution in [0.1, 0.15) is 20.8 Å². The largest absolute Gasteiger partial charge is 0.502 e. The first kappa shape index (κ1) is 7.25. The van der Waals surface area contributed by atoms with Crippen LogP contribution in [0, 0.1) is 5.41 Å². The van der Waals surface area contributed by atoms with Gasteiger partial charge in [0.05, 0.1) is 0 Å². The lowest BCUT2D eigenvalue weighted by Crippen LogP contribution is -2.08. The highest BCUT2D eigenvalue weighted by atomic mass is 16.3. The first-order valence-corrected chi connectivity index (χ1v) is 2.43. The van der Waals surface area contributed by atoms with Crippen LogP contribution in [0.4, 0.5) is 0 Å². The molecule has 46 valence electrons. The van der Waals surface area contributed by atoms with Crippen molar-refractivity contribution < 1.29 is 9.90 Å². The summed E-state index contributed by atoms with van der Waals surface area (Å²) in [5.41, 5.74) is -0.443. The zero-order valence-corrected chi connectivity index (χ0v) is 5.36. The van der Waals surface area contributed by atoms with Crippen molar-refractivity contribution in [2.45, 2.75) is 20.8 Å². The Labute approximate surface area is 48.8 Å². The highest BCUT2D eigenvalue weighted by Crippen LogP contribution is 2.19. The van der Waals surface area contributed by atoms with Crippen LogP contribution < -0.4 is 0 Å². The van der Waals surface area contributed by atoms with E-state index in [1.54, 1.807) is 20.8 Å². The Bertz CT molecular complexity index is 124. The fourth-order valence-electron chi connectivity index (χ4n) is 0.153. The van der Waals surface area contributed by atoms with Gasteiger partial charge in [-0.05, 0) is 0 Å². The van der Waals surface area contributed by atoms with Crippen molar-refractivity contribution in [3.05, 3.63) is 5.76 Å². The number of hydrogen-bond acceptors (Lipinski definition) is 2. The van der Waals surface area contributed by atoms with Crippen molar-refractivity contribution in [2.75, 3.05) is 0 Å². The lowest BCUT2D eigenvalue weighted by atomic mass is 9.95. The van der Waals surface area contributed by atoms with E-state index in [4.69, 9.17) is 5.11 Å². The quantitative estimate of drug-likeness (QED) is 0.380. The second kappa shape index (κ2) is 2.01. The molecule has 0 aromatic heterocycles. The summed E-state index contributed by atoms with van der Waals surface area (Å²) in [7, 11) is 0. The van der Waals surface area contributed by atoms with E-state index in [-0.39, 0.29) is 5.76 Å². The molecule has 0 rings (SSSR count). The summed E-state index contributed by atoms with van der Waals surface area (Å²) in [6.45, 7) is 5.23. The normalized spacial score (nSPS) is 10.4. The highest BCUT2D eigenvalue weighted by Gasteiger charge is 2.16. The van der Waals surface area contributed by atoms with Crippen molar-refractivity contribution in [3.8, 4) is 0 Å². The summed E-state index contributed by atoms with van der Waals surface area (Å²) in [6.07, 6.45) is 0. The summed E-state index contributed by atoms with van der Waals surface area (Å²) in [5, 5.41) is 8.69. The van der Waals surface area contributed by atoms with Gasteiger partial charge in [0.2, 0.25) is 0 Å². The monoisotopic (exact) mass is 114 g/mol. The topological polar surface area (TPSA) is 37.3 Å². The molecule has 2 nitrogen and oxygen atoms in total. The molecule has 0 bridgehead atoms. The first-order chi connectivity index (χ1) is 3.48. The molecule has 0 aromatic carbocycles. The Morgan fingerprint density at radius 1 is 1.50 bits per heavy atom. The van der Waals surface area contributed by atoms with E-state index in [0.29, 0.717) is 0 Å². The molecule has 0 aromatic rings. The molecular weight excluding hydrogens is 104 g/mol. The SMILES string of the molecule is CC(C)(C)C(O)=C=O. The number of aliphatic hydroxyl groups is 1. The molecule has 0 atom stereocenters. The summed E-state index contributed by atoms with van der Waals surface area (Å²) in [4.78, 5) is 9.74. The van der Waals surface area contributed by atoms with E-state index in [0.717, 1.165) is 0 Å². The van der Waals surface area contributed by atoms with Crippen LogP contribution in [0.25, 0.3) is 0 Å². The molecule has 0 unspecified atom stereocenters. The van der Waals surface area contributed by atoms with Crippen LogP contribution in [0.2, 0.25) is 0 Å². The van der Waals surface area contributed by atoms with E-state index in [1.165, 1.54) is 5.94 Å². The Morgan fingerprint density at radius 2 is 1.88 bits per heavy atom. The van der Waals surface area contributed by atoms with Gasteiger partial charge in [-0.15, -0.1) is 0 Å². The molecule has 0 aliphatic rings. The number of carbonyl (C=O) groups excluding carboxylic acids is 1. The van der Waals surface area contributed by atoms with Crippen molar-refractivity contribution in [2.24, 2.45) is 5.41 Å². The lowest BCUT2D eigenvalue weighted by molar-refractivity contribution is 0.281. The fourth-order valence-corrected chi connectivity index (χ4v) is 0.153. The number of hydrogen-bond donors (Lipinski definition) is 1. The van der Waals surface area contributed by atoms with Crippen LogP contribution in [-0.2, 0) is 4.79 Å².